The number of aromatic nitrogens is 2. The molecule has 0 unspecified atom stereocenters. The molecule has 0 amide bonds. The summed E-state index contributed by atoms with van der Waals surface area (Å²) in [6, 6.07) is 0.177. The highest BCUT2D eigenvalue weighted by Crippen LogP contribution is 2.48. The number of hydrogen-bond donors (Lipinski definition) is 3. The van der Waals surface area contributed by atoms with Crippen molar-refractivity contribution >= 4 is 42.4 Å². The number of aromatic amines is 1. The summed E-state index contributed by atoms with van der Waals surface area (Å²) >= 11 is 2.27. The van der Waals surface area contributed by atoms with Gasteiger partial charge in [0, 0.05) is 28.7 Å². The Morgan fingerprint density at radius 3 is 2.57 bits per heavy atom. The Hall–Kier alpha value is -1.41. The molecule has 12 nitrogen and oxygen atoms in total. The Morgan fingerprint density at radius 1 is 1.30 bits per heavy atom. The number of carbonyl (C=O) groups is 2. The molecule has 5 atom stereocenters. The summed E-state index contributed by atoms with van der Waals surface area (Å²) in [4.78, 5) is 50.0. The van der Waals surface area contributed by atoms with Crippen LogP contribution in [0.3, 0.4) is 0 Å². The predicted octanol–water partition coefficient (Wildman–Crippen LogP) is 2.28. The van der Waals surface area contributed by atoms with E-state index >= 15 is 0 Å². The minimum absolute atomic E-state index is 0.0476. The van der Waals surface area contributed by atoms with Gasteiger partial charge in [0.05, 0.1) is 25.4 Å². The van der Waals surface area contributed by atoms with Crippen LogP contribution >= 0.6 is 31.3 Å². The number of rotatable bonds is 12. The van der Waals surface area contributed by atoms with Crippen molar-refractivity contribution in [2.24, 2.45) is 5.41 Å². The predicted molar refractivity (Wildman–Crippen MR) is 143 cm³/mol. The first-order valence-electron chi connectivity index (χ1n) is 11.8. The maximum absolute atomic E-state index is 13.5. The van der Waals surface area contributed by atoms with E-state index in [1.54, 1.807) is 34.6 Å². The van der Waals surface area contributed by atoms with Gasteiger partial charge in [0.15, 0.2) is 5.12 Å². The van der Waals surface area contributed by atoms with E-state index in [4.69, 9.17) is 13.8 Å². The zero-order valence-corrected chi connectivity index (χ0v) is 24.3. The maximum atomic E-state index is 13.5. The number of nitrogens with zero attached hydrogens (tertiary/aromatic N) is 1. The summed E-state index contributed by atoms with van der Waals surface area (Å²) in [6.07, 6.45) is 0.235. The number of aliphatic hydroxyl groups excluding tert-OH is 1. The zero-order valence-electron chi connectivity index (χ0n) is 21.8. The highest BCUT2D eigenvalue weighted by molar-refractivity contribution is 8.13. The first kappa shape index (κ1) is 31.8. The molecular formula is C22H36N3O9PS2. The van der Waals surface area contributed by atoms with Gasteiger partial charge in [-0.05, 0) is 27.2 Å². The molecule has 1 aliphatic heterocycles. The van der Waals surface area contributed by atoms with Gasteiger partial charge in [-0.2, -0.15) is 0 Å². The van der Waals surface area contributed by atoms with Crippen LogP contribution in [0, 0.1) is 5.41 Å². The largest absolute Gasteiger partial charge is 0.462 e. The van der Waals surface area contributed by atoms with Crippen molar-refractivity contribution in [1.29, 1.82) is 0 Å². The summed E-state index contributed by atoms with van der Waals surface area (Å²) < 4.78 is 31.0. The van der Waals surface area contributed by atoms with E-state index in [2.05, 4.69) is 10.1 Å². The average molecular weight is 582 g/mol. The van der Waals surface area contributed by atoms with Crippen LogP contribution in [0.2, 0.25) is 0 Å². The van der Waals surface area contributed by atoms with E-state index in [9.17, 15) is 28.8 Å². The second-order valence-electron chi connectivity index (χ2n) is 9.82. The van der Waals surface area contributed by atoms with Gasteiger partial charge < -0.3 is 9.84 Å². The van der Waals surface area contributed by atoms with Crippen molar-refractivity contribution in [3.63, 3.8) is 0 Å². The molecule has 37 heavy (non-hydrogen) atoms. The summed E-state index contributed by atoms with van der Waals surface area (Å²) in [6.45, 7) is 10.0. The van der Waals surface area contributed by atoms with Crippen molar-refractivity contribution in [1.82, 2.24) is 14.6 Å². The highest BCUT2D eigenvalue weighted by Gasteiger charge is 2.38. The molecule has 0 radical (unpaired) electrons. The molecule has 0 spiro atoms. The van der Waals surface area contributed by atoms with Gasteiger partial charge >= 0.3 is 19.4 Å². The number of carbonyl (C=O) groups excluding carboxylic acids is 2. The van der Waals surface area contributed by atoms with Gasteiger partial charge in [0.1, 0.15) is 11.4 Å². The van der Waals surface area contributed by atoms with E-state index in [-0.39, 0.29) is 41.9 Å². The Morgan fingerprint density at radius 2 is 1.97 bits per heavy atom. The van der Waals surface area contributed by atoms with E-state index in [0.717, 1.165) is 11.8 Å². The van der Waals surface area contributed by atoms with Crippen LogP contribution in [0.25, 0.3) is 0 Å². The van der Waals surface area contributed by atoms with Gasteiger partial charge in [-0.3, -0.25) is 33.0 Å². The number of ether oxygens (including phenoxy) is 1. The van der Waals surface area contributed by atoms with E-state index in [1.807, 2.05) is 0 Å². The quantitative estimate of drug-likeness (QED) is 0.188. The molecule has 2 heterocycles. The van der Waals surface area contributed by atoms with Crippen molar-refractivity contribution in [2.75, 3.05) is 19.0 Å². The van der Waals surface area contributed by atoms with Crippen LogP contribution in [0.5, 0.6) is 0 Å². The minimum Gasteiger partial charge on any atom is -0.462 e. The molecule has 1 saturated heterocycles. The molecule has 1 aliphatic rings. The third kappa shape index (κ3) is 10.0. The van der Waals surface area contributed by atoms with Crippen LogP contribution < -0.4 is 16.3 Å². The van der Waals surface area contributed by atoms with Crippen LogP contribution in [0.4, 0.5) is 0 Å². The minimum atomic E-state index is -4.04. The molecule has 0 aliphatic carbocycles. The lowest BCUT2D eigenvalue weighted by Crippen LogP contribution is -2.36. The lowest BCUT2D eigenvalue weighted by atomic mass is 10.00. The molecule has 0 bridgehead atoms. The zero-order chi connectivity index (χ0) is 28.0. The normalized spacial score (nSPS) is 22.5. The first-order chi connectivity index (χ1) is 17.1. The van der Waals surface area contributed by atoms with E-state index < -0.39 is 47.9 Å². The topological polar surface area (TPSA) is 166 Å². The second kappa shape index (κ2) is 13.6. The van der Waals surface area contributed by atoms with Crippen molar-refractivity contribution < 1.29 is 33.0 Å². The van der Waals surface area contributed by atoms with Crippen molar-refractivity contribution in [3.8, 4) is 0 Å². The maximum Gasteiger partial charge on any atom is 0.406 e. The molecule has 1 aromatic rings. The van der Waals surface area contributed by atoms with Crippen molar-refractivity contribution in [3.05, 3.63) is 33.1 Å². The molecule has 3 N–H and O–H groups in total. The Kier molecular flexibility index (Phi) is 11.7. The monoisotopic (exact) mass is 581 g/mol. The van der Waals surface area contributed by atoms with E-state index in [0.29, 0.717) is 0 Å². The summed E-state index contributed by atoms with van der Waals surface area (Å²) in [5, 5.41) is 12.0. The van der Waals surface area contributed by atoms with Crippen LogP contribution in [-0.2, 0) is 27.9 Å². The molecule has 1 aromatic heterocycles. The number of hydrogen-bond acceptors (Lipinski definition) is 11. The second-order valence-corrected chi connectivity index (χ2v) is 14.1. The number of nitrogens with one attached hydrogen (secondary N) is 2. The lowest BCUT2D eigenvalue weighted by Gasteiger charge is -2.24. The Labute approximate surface area is 224 Å². The van der Waals surface area contributed by atoms with Crippen LogP contribution in [-0.4, -0.2) is 68.2 Å². The molecule has 0 aromatic carbocycles. The SMILES string of the molecule is CC(C)OC(=O)[C@@H](C)N[P@@](=O)(OCCSC(=O)C(C)(C)C)OC[C@@H]1C[C@@H](O)[C@H](n2ccc(=O)[nH]c2=O)S1. The van der Waals surface area contributed by atoms with Gasteiger partial charge in [-0.25, -0.2) is 14.4 Å². The Balaban J connectivity index is 2.05. The molecular weight excluding hydrogens is 545 g/mol. The van der Waals surface area contributed by atoms with Gasteiger partial charge in [0.2, 0.25) is 0 Å². The number of H-pyrrole nitrogens is 1. The summed E-state index contributed by atoms with van der Waals surface area (Å²) in [5.41, 5.74) is -1.74. The molecule has 210 valence electrons. The summed E-state index contributed by atoms with van der Waals surface area (Å²) in [7, 11) is -4.04. The standard InChI is InChI=1S/C22H36N3O9PS2/c1-13(2)34-19(28)14(3)24-35(31,32-9-10-36-20(29)22(4,5)6)33-12-15-11-16(26)18(37-15)25-8-7-17(27)23-21(25)30/h7-8,13-16,18,26H,9-12H2,1-6H3,(H,24,31)(H,23,27,30)/t14-,15+,16-,18-,35-/m1/s1. The lowest BCUT2D eigenvalue weighted by molar-refractivity contribution is -0.149. The molecule has 15 heteroatoms. The third-order valence-corrected chi connectivity index (χ3v) is 9.46. The number of esters is 1. The fourth-order valence-electron chi connectivity index (χ4n) is 3.14. The summed E-state index contributed by atoms with van der Waals surface area (Å²) in [5.74, 6) is -0.410. The van der Waals surface area contributed by atoms with Crippen molar-refractivity contribution in [2.45, 2.75) is 76.8 Å². The van der Waals surface area contributed by atoms with E-state index in [1.165, 1.54) is 35.5 Å². The molecule has 1 fully saturated rings. The van der Waals surface area contributed by atoms with Crippen LogP contribution in [0.1, 0.15) is 53.3 Å². The third-order valence-electron chi connectivity index (χ3n) is 4.97. The molecule has 2 rings (SSSR count). The van der Waals surface area contributed by atoms with Gasteiger partial charge in [0.25, 0.3) is 5.56 Å². The first-order valence-corrected chi connectivity index (χ1v) is 15.3. The average Bonchev–Trinajstić information content (AvgIpc) is 3.14. The number of thioether (sulfide) groups is 2. The van der Waals surface area contributed by atoms with Crippen LogP contribution in [0.15, 0.2) is 21.9 Å². The smallest absolute Gasteiger partial charge is 0.406 e. The molecule has 0 saturated carbocycles. The fourth-order valence-corrected chi connectivity index (χ4v) is 7.10. The Bertz CT molecular complexity index is 1100. The number of aliphatic hydroxyl groups is 1. The fraction of sp³-hybridized carbons (Fsp3) is 0.727. The highest BCUT2D eigenvalue weighted by atomic mass is 32.2. The van der Waals surface area contributed by atoms with Gasteiger partial charge in [-0.15, -0.1) is 11.8 Å². The van der Waals surface area contributed by atoms with Gasteiger partial charge in [-0.1, -0.05) is 32.5 Å².